The number of aromatic nitrogens is 1. The summed E-state index contributed by atoms with van der Waals surface area (Å²) in [5.74, 6) is -0.424. The van der Waals surface area contributed by atoms with Crippen molar-refractivity contribution in [3.8, 4) is 0 Å². The zero-order valence-electron chi connectivity index (χ0n) is 13.9. The Morgan fingerprint density at radius 2 is 2.00 bits per heavy atom. The molecule has 1 saturated carbocycles. The number of aromatic amines is 1. The van der Waals surface area contributed by atoms with E-state index in [4.69, 9.17) is 4.74 Å². The number of carbonyl (C=O) groups excluding carboxylic acids is 2. The van der Waals surface area contributed by atoms with E-state index >= 15 is 0 Å². The van der Waals surface area contributed by atoms with E-state index in [2.05, 4.69) is 17.2 Å². The predicted molar refractivity (Wildman–Crippen MR) is 86.4 cm³/mol. The van der Waals surface area contributed by atoms with Crippen molar-refractivity contribution < 1.29 is 14.3 Å². The molecule has 1 fully saturated rings. The topological polar surface area (TPSA) is 88.3 Å². The fourth-order valence-corrected chi connectivity index (χ4v) is 3.14. The number of carbonyl (C=O) groups is 2. The number of amides is 1. The normalized spacial score (nSPS) is 20.8. The first-order valence-electron chi connectivity index (χ1n) is 8.05. The monoisotopic (exact) mass is 320 g/mol. The maximum absolute atomic E-state index is 12.1. The SMILES string of the molecule is Cc1cc(=O)[nH]c(C)c1C(=O)OCC(=O)N[C@H]1CCCC[C@@H]1C. The number of rotatable bonds is 4. The molecule has 0 saturated heterocycles. The summed E-state index contributed by atoms with van der Waals surface area (Å²) in [4.78, 5) is 38.0. The van der Waals surface area contributed by atoms with Gasteiger partial charge in [0.2, 0.25) is 5.56 Å². The third-order valence-corrected chi connectivity index (χ3v) is 4.42. The van der Waals surface area contributed by atoms with Crippen molar-refractivity contribution in [1.29, 1.82) is 0 Å². The van der Waals surface area contributed by atoms with Crippen LogP contribution >= 0.6 is 0 Å². The lowest BCUT2D eigenvalue weighted by Gasteiger charge is -2.29. The molecule has 0 spiro atoms. The van der Waals surface area contributed by atoms with Crippen LogP contribution in [0.25, 0.3) is 0 Å². The van der Waals surface area contributed by atoms with Crippen LogP contribution < -0.4 is 10.9 Å². The van der Waals surface area contributed by atoms with Gasteiger partial charge in [-0.25, -0.2) is 4.79 Å². The second kappa shape index (κ2) is 7.44. The van der Waals surface area contributed by atoms with Crippen molar-refractivity contribution in [1.82, 2.24) is 10.3 Å². The third kappa shape index (κ3) is 4.43. The molecule has 2 N–H and O–H groups in total. The van der Waals surface area contributed by atoms with Gasteiger partial charge in [0.1, 0.15) is 0 Å². The summed E-state index contributed by atoms with van der Waals surface area (Å²) in [6, 6.07) is 1.50. The zero-order chi connectivity index (χ0) is 17.0. The summed E-state index contributed by atoms with van der Waals surface area (Å²) in [6.07, 6.45) is 4.40. The van der Waals surface area contributed by atoms with Crippen LogP contribution in [0.15, 0.2) is 10.9 Å². The van der Waals surface area contributed by atoms with Crippen molar-refractivity contribution in [2.75, 3.05) is 6.61 Å². The van der Waals surface area contributed by atoms with E-state index < -0.39 is 5.97 Å². The molecule has 1 aromatic rings. The smallest absolute Gasteiger partial charge is 0.340 e. The number of ether oxygens (including phenoxy) is 1. The molecule has 0 aromatic carbocycles. The molecule has 1 aliphatic rings. The molecule has 0 aliphatic heterocycles. The first-order valence-corrected chi connectivity index (χ1v) is 8.05. The van der Waals surface area contributed by atoms with E-state index in [0.29, 0.717) is 22.7 Å². The number of pyridine rings is 1. The molecule has 6 heteroatoms. The van der Waals surface area contributed by atoms with Crippen LogP contribution in [0.4, 0.5) is 0 Å². The minimum absolute atomic E-state index is 0.159. The van der Waals surface area contributed by atoms with E-state index in [1.807, 2.05) is 0 Å². The van der Waals surface area contributed by atoms with Gasteiger partial charge in [0.05, 0.1) is 5.56 Å². The molecular formula is C17H24N2O4. The lowest BCUT2D eigenvalue weighted by molar-refractivity contribution is -0.125. The van der Waals surface area contributed by atoms with Gasteiger partial charge in [-0.2, -0.15) is 0 Å². The van der Waals surface area contributed by atoms with Gasteiger partial charge in [-0.3, -0.25) is 9.59 Å². The molecular weight excluding hydrogens is 296 g/mol. The maximum Gasteiger partial charge on any atom is 0.340 e. The second-order valence-corrected chi connectivity index (χ2v) is 6.33. The highest BCUT2D eigenvalue weighted by Gasteiger charge is 2.23. The number of aryl methyl sites for hydroxylation is 2. The van der Waals surface area contributed by atoms with Gasteiger partial charge in [-0.15, -0.1) is 0 Å². The largest absolute Gasteiger partial charge is 0.452 e. The van der Waals surface area contributed by atoms with Crippen molar-refractivity contribution in [2.24, 2.45) is 5.92 Å². The second-order valence-electron chi connectivity index (χ2n) is 6.33. The summed E-state index contributed by atoms with van der Waals surface area (Å²) >= 11 is 0. The Morgan fingerprint density at radius 1 is 1.30 bits per heavy atom. The lowest BCUT2D eigenvalue weighted by Crippen LogP contribution is -2.43. The van der Waals surface area contributed by atoms with Crippen LogP contribution in [0.2, 0.25) is 0 Å². The minimum Gasteiger partial charge on any atom is -0.452 e. The van der Waals surface area contributed by atoms with Crippen LogP contribution in [0.5, 0.6) is 0 Å². The van der Waals surface area contributed by atoms with E-state index in [-0.39, 0.29) is 24.1 Å². The Morgan fingerprint density at radius 3 is 2.65 bits per heavy atom. The minimum atomic E-state index is -0.594. The first kappa shape index (κ1) is 17.2. The van der Waals surface area contributed by atoms with E-state index in [1.165, 1.54) is 12.5 Å². The van der Waals surface area contributed by atoms with Gasteiger partial charge in [0, 0.05) is 17.8 Å². The van der Waals surface area contributed by atoms with Crippen LogP contribution in [0.3, 0.4) is 0 Å². The van der Waals surface area contributed by atoms with Gasteiger partial charge in [-0.1, -0.05) is 19.8 Å². The number of nitrogens with one attached hydrogen (secondary N) is 2. The first-order chi connectivity index (χ1) is 10.9. The summed E-state index contributed by atoms with van der Waals surface area (Å²) < 4.78 is 5.10. The van der Waals surface area contributed by atoms with Crippen LogP contribution in [0, 0.1) is 19.8 Å². The van der Waals surface area contributed by atoms with Gasteiger partial charge in [-0.05, 0) is 38.2 Å². The third-order valence-electron chi connectivity index (χ3n) is 4.42. The number of H-pyrrole nitrogens is 1. The van der Waals surface area contributed by atoms with Crippen molar-refractivity contribution in [3.05, 3.63) is 33.2 Å². The summed E-state index contributed by atoms with van der Waals surface area (Å²) in [7, 11) is 0. The Bertz CT molecular complexity index is 624. The molecule has 6 nitrogen and oxygen atoms in total. The van der Waals surface area contributed by atoms with E-state index in [9.17, 15) is 14.4 Å². The molecule has 2 rings (SSSR count). The Kier molecular flexibility index (Phi) is 5.58. The molecule has 1 aliphatic carbocycles. The highest BCUT2D eigenvalue weighted by Crippen LogP contribution is 2.23. The summed E-state index contributed by atoms with van der Waals surface area (Å²) in [5.41, 5.74) is 1.03. The van der Waals surface area contributed by atoms with Gasteiger partial charge < -0.3 is 15.0 Å². The van der Waals surface area contributed by atoms with Gasteiger partial charge >= 0.3 is 5.97 Å². The molecule has 126 valence electrons. The molecule has 1 amide bonds. The van der Waals surface area contributed by atoms with Crippen LogP contribution in [-0.2, 0) is 9.53 Å². The number of hydrogen-bond donors (Lipinski definition) is 2. The lowest BCUT2D eigenvalue weighted by atomic mass is 9.86. The quantitative estimate of drug-likeness (QED) is 0.829. The van der Waals surface area contributed by atoms with Crippen LogP contribution in [-0.4, -0.2) is 29.5 Å². The summed E-state index contributed by atoms with van der Waals surface area (Å²) in [5, 5.41) is 2.94. The number of hydrogen-bond acceptors (Lipinski definition) is 4. The molecule has 0 unspecified atom stereocenters. The Labute approximate surface area is 135 Å². The van der Waals surface area contributed by atoms with Crippen molar-refractivity contribution >= 4 is 11.9 Å². The van der Waals surface area contributed by atoms with Crippen molar-refractivity contribution in [2.45, 2.75) is 52.5 Å². The predicted octanol–water partition coefficient (Wildman–Crippen LogP) is 1.84. The molecule has 23 heavy (non-hydrogen) atoms. The van der Waals surface area contributed by atoms with E-state index in [1.54, 1.807) is 13.8 Å². The fourth-order valence-electron chi connectivity index (χ4n) is 3.14. The average molecular weight is 320 g/mol. The maximum atomic E-state index is 12.1. The molecule has 0 radical (unpaired) electrons. The standard InChI is InChI=1S/C17H24N2O4/c1-10-6-4-5-7-13(10)19-15(21)9-23-17(22)16-11(2)8-14(20)18-12(16)3/h8,10,13H,4-7,9H2,1-3H3,(H,18,20)(H,19,21)/t10-,13-/m0/s1. The highest BCUT2D eigenvalue weighted by molar-refractivity contribution is 5.93. The fraction of sp³-hybridized carbons (Fsp3) is 0.588. The van der Waals surface area contributed by atoms with Crippen LogP contribution in [0.1, 0.15) is 54.2 Å². The zero-order valence-corrected chi connectivity index (χ0v) is 13.9. The molecule has 2 atom stereocenters. The molecule has 1 aromatic heterocycles. The highest BCUT2D eigenvalue weighted by atomic mass is 16.5. The van der Waals surface area contributed by atoms with Gasteiger partial charge in [0.15, 0.2) is 6.61 Å². The van der Waals surface area contributed by atoms with E-state index in [0.717, 1.165) is 19.3 Å². The molecule has 1 heterocycles. The molecule has 0 bridgehead atoms. The number of esters is 1. The Balaban J connectivity index is 1.91. The average Bonchev–Trinajstić information content (AvgIpc) is 2.46. The summed E-state index contributed by atoms with van der Waals surface area (Å²) in [6.45, 7) is 5.13. The van der Waals surface area contributed by atoms with Gasteiger partial charge in [0.25, 0.3) is 5.91 Å². The van der Waals surface area contributed by atoms with Crippen molar-refractivity contribution in [3.63, 3.8) is 0 Å². The Hall–Kier alpha value is -2.11.